The van der Waals surface area contributed by atoms with Crippen molar-refractivity contribution in [3.63, 3.8) is 0 Å². The number of rotatable bonds is 7. The third-order valence-corrected chi connectivity index (χ3v) is 4.42. The Bertz CT molecular complexity index is 554. The summed E-state index contributed by atoms with van der Waals surface area (Å²) in [7, 11) is 1.71. The van der Waals surface area contributed by atoms with Crippen LogP contribution in [0.1, 0.15) is 42.1 Å². The zero-order chi connectivity index (χ0) is 15.2. The van der Waals surface area contributed by atoms with Crippen LogP contribution in [0.3, 0.4) is 0 Å². The Morgan fingerprint density at radius 2 is 2.00 bits per heavy atom. The summed E-state index contributed by atoms with van der Waals surface area (Å²) >= 11 is 7.68. The van der Waals surface area contributed by atoms with Gasteiger partial charge in [0.05, 0.1) is 18.3 Å². The summed E-state index contributed by atoms with van der Waals surface area (Å²) in [5.41, 5.74) is 2.31. The number of hydrogen-bond donors (Lipinski definition) is 1. The standard InChI is InChI=1S/C16H21ClN2OS/c1-11(2)14-10-21-16(19-14)15(18-8-9-20-3)12-4-6-13(17)7-5-12/h4-7,10-11,15,18H,8-9H2,1-3H3. The van der Waals surface area contributed by atoms with E-state index in [1.165, 1.54) is 5.56 Å². The van der Waals surface area contributed by atoms with Crippen molar-refractivity contribution in [3.05, 3.63) is 50.9 Å². The number of halogens is 1. The van der Waals surface area contributed by atoms with Gasteiger partial charge in [0.2, 0.25) is 0 Å². The van der Waals surface area contributed by atoms with Crippen LogP contribution in [-0.2, 0) is 4.74 Å². The smallest absolute Gasteiger partial charge is 0.114 e. The van der Waals surface area contributed by atoms with Crippen LogP contribution >= 0.6 is 22.9 Å². The quantitative estimate of drug-likeness (QED) is 0.773. The number of ether oxygens (including phenoxy) is 1. The molecule has 0 spiro atoms. The Balaban J connectivity index is 2.23. The van der Waals surface area contributed by atoms with Crippen LogP contribution in [0.15, 0.2) is 29.6 Å². The van der Waals surface area contributed by atoms with Gasteiger partial charge in [-0.2, -0.15) is 0 Å². The molecule has 21 heavy (non-hydrogen) atoms. The molecule has 2 aromatic rings. The lowest BCUT2D eigenvalue weighted by molar-refractivity contribution is 0.197. The normalized spacial score (nSPS) is 12.8. The van der Waals surface area contributed by atoms with E-state index in [0.717, 1.165) is 22.3 Å². The van der Waals surface area contributed by atoms with Gasteiger partial charge in [-0.25, -0.2) is 4.98 Å². The number of nitrogens with zero attached hydrogens (tertiary/aromatic N) is 1. The zero-order valence-electron chi connectivity index (χ0n) is 12.6. The molecule has 1 aromatic heterocycles. The van der Waals surface area contributed by atoms with Crippen LogP contribution in [0.2, 0.25) is 5.02 Å². The molecule has 0 fully saturated rings. The molecule has 1 heterocycles. The lowest BCUT2D eigenvalue weighted by Gasteiger charge is -2.17. The molecule has 114 valence electrons. The number of hydrogen-bond acceptors (Lipinski definition) is 4. The monoisotopic (exact) mass is 324 g/mol. The Hall–Kier alpha value is -0.940. The highest BCUT2D eigenvalue weighted by Crippen LogP contribution is 2.28. The highest BCUT2D eigenvalue weighted by molar-refractivity contribution is 7.09. The van der Waals surface area contributed by atoms with Gasteiger partial charge in [-0.15, -0.1) is 11.3 Å². The van der Waals surface area contributed by atoms with Crippen molar-refractivity contribution in [1.82, 2.24) is 10.3 Å². The first kappa shape index (κ1) is 16.4. The van der Waals surface area contributed by atoms with E-state index >= 15 is 0 Å². The zero-order valence-corrected chi connectivity index (χ0v) is 14.2. The van der Waals surface area contributed by atoms with Crippen molar-refractivity contribution in [1.29, 1.82) is 0 Å². The van der Waals surface area contributed by atoms with Crippen LogP contribution in [0.5, 0.6) is 0 Å². The van der Waals surface area contributed by atoms with Gasteiger partial charge in [0.1, 0.15) is 5.01 Å². The summed E-state index contributed by atoms with van der Waals surface area (Å²) < 4.78 is 5.13. The number of thiazole rings is 1. The highest BCUT2D eigenvalue weighted by atomic mass is 35.5. The van der Waals surface area contributed by atoms with Crippen LogP contribution in [0, 0.1) is 0 Å². The van der Waals surface area contributed by atoms with E-state index in [2.05, 4.69) is 24.5 Å². The van der Waals surface area contributed by atoms with Crippen LogP contribution in [0.4, 0.5) is 0 Å². The summed E-state index contributed by atoms with van der Waals surface area (Å²) in [4.78, 5) is 4.77. The van der Waals surface area contributed by atoms with Gasteiger partial charge in [0, 0.05) is 24.1 Å². The first-order valence-electron chi connectivity index (χ1n) is 7.05. The van der Waals surface area contributed by atoms with Crippen molar-refractivity contribution in [2.75, 3.05) is 20.3 Å². The molecule has 0 amide bonds. The van der Waals surface area contributed by atoms with E-state index in [1.807, 2.05) is 24.3 Å². The second-order valence-corrected chi connectivity index (χ2v) is 6.52. The molecule has 1 atom stereocenters. The number of aromatic nitrogens is 1. The minimum absolute atomic E-state index is 0.0786. The molecule has 5 heteroatoms. The number of methoxy groups -OCH3 is 1. The maximum atomic E-state index is 5.98. The molecule has 0 aliphatic heterocycles. The molecule has 3 nitrogen and oxygen atoms in total. The predicted octanol–water partition coefficient (Wildman–Crippen LogP) is 4.25. The second kappa shape index (κ2) is 7.90. The van der Waals surface area contributed by atoms with Gasteiger partial charge < -0.3 is 10.1 Å². The molecule has 0 bridgehead atoms. The topological polar surface area (TPSA) is 34.1 Å². The molecule has 0 radical (unpaired) electrons. The Kier molecular flexibility index (Phi) is 6.18. The molecule has 0 saturated heterocycles. The lowest BCUT2D eigenvalue weighted by Crippen LogP contribution is -2.26. The SMILES string of the molecule is COCCNC(c1ccc(Cl)cc1)c1nc(C(C)C)cs1. The van der Waals surface area contributed by atoms with Crippen molar-refractivity contribution in [3.8, 4) is 0 Å². The van der Waals surface area contributed by atoms with E-state index in [4.69, 9.17) is 21.3 Å². The Morgan fingerprint density at radius 3 is 2.57 bits per heavy atom. The third-order valence-electron chi connectivity index (χ3n) is 3.24. The molecular weight excluding hydrogens is 304 g/mol. The first-order valence-corrected chi connectivity index (χ1v) is 8.30. The van der Waals surface area contributed by atoms with Crippen molar-refractivity contribution in [2.24, 2.45) is 0 Å². The second-order valence-electron chi connectivity index (χ2n) is 5.20. The third kappa shape index (κ3) is 4.51. The van der Waals surface area contributed by atoms with E-state index in [0.29, 0.717) is 12.5 Å². The first-order chi connectivity index (χ1) is 10.1. The number of nitrogens with one attached hydrogen (secondary N) is 1. The molecule has 1 N–H and O–H groups in total. The van der Waals surface area contributed by atoms with E-state index in [1.54, 1.807) is 18.4 Å². The Labute approximate surface area is 135 Å². The van der Waals surface area contributed by atoms with Gasteiger partial charge in [-0.05, 0) is 23.6 Å². The van der Waals surface area contributed by atoms with Gasteiger partial charge in [-0.3, -0.25) is 0 Å². The fourth-order valence-corrected chi connectivity index (χ4v) is 3.21. The fraction of sp³-hybridized carbons (Fsp3) is 0.438. The molecule has 0 saturated carbocycles. The lowest BCUT2D eigenvalue weighted by atomic mass is 10.1. The molecular formula is C16H21ClN2OS. The average molecular weight is 325 g/mol. The van der Waals surface area contributed by atoms with Gasteiger partial charge in [0.15, 0.2) is 0 Å². The van der Waals surface area contributed by atoms with E-state index in [9.17, 15) is 0 Å². The van der Waals surface area contributed by atoms with E-state index in [-0.39, 0.29) is 6.04 Å². The molecule has 1 unspecified atom stereocenters. The van der Waals surface area contributed by atoms with Gasteiger partial charge >= 0.3 is 0 Å². The maximum Gasteiger partial charge on any atom is 0.114 e. The largest absolute Gasteiger partial charge is 0.383 e. The Morgan fingerprint density at radius 1 is 1.29 bits per heavy atom. The minimum Gasteiger partial charge on any atom is -0.383 e. The summed E-state index contributed by atoms with van der Waals surface area (Å²) in [6, 6.07) is 8.00. The fourth-order valence-electron chi connectivity index (χ4n) is 2.01. The molecule has 0 aliphatic rings. The van der Waals surface area contributed by atoms with Crippen LogP contribution in [-0.4, -0.2) is 25.2 Å². The van der Waals surface area contributed by atoms with Crippen LogP contribution < -0.4 is 5.32 Å². The molecule has 0 aliphatic carbocycles. The van der Waals surface area contributed by atoms with Gasteiger partial charge in [-0.1, -0.05) is 37.6 Å². The highest BCUT2D eigenvalue weighted by Gasteiger charge is 2.18. The number of benzene rings is 1. The maximum absolute atomic E-state index is 5.98. The average Bonchev–Trinajstić information content (AvgIpc) is 2.95. The summed E-state index contributed by atoms with van der Waals surface area (Å²) in [5.74, 6) is 0.444. The van der Waals surface area contributed by atoms with Crippen molar-refractivity contribution < 1.29 is 4.74 Å². The summed E-state index contributed by atoms with van der Waals surface area (Å²) in [5, 5.41) is 7.47. The van der Waals surface area contributed by atoms with E-state index < -0.39 is 0 Å². The van der Waals surface area contributed by atoms with Gasteiger partial charge in [0.25, 0.3) is 0 Å². The molecule has 2 rings (SSSR count). The van der Waals surface area contributed by atoms with Crippen molar-refractivity contribution in [2.45, 2.75) is 25.8 Å². The van der Waals surface area contributed by atoms with Crippen LogP contribution in [0.25, 0.3) is 0 Å². The summed E-state index contributed by atoms with van der Waals surface area (Å²) in [6.45, 7) is 5.77. The minimum atomic E-state index is 0.0786. The van der Waals surface area contributed by atoms with Crippen molar-refractivity contribution >= 4 is 22.9 Å². The molecule has 1 aromatic carbocycles. The predicted molar refractivity (Wildman–Crippen MR) is 89.4 cm³/mol. The summed E-state index contributed by atoms with van der Waals surface area (Å²) in [6.07, 6.45) is 0.